The summed E-state index contributed by atoms with van der Waals surface area (Å²) < 4.78 is 5.36. The van der Waals surface area contributed by atoms with E-state index in [1.54, 1.807) is 19.1 Å². The fourth-order valence-corrected chi connectivity index (χ4v) is 1.55. The number of benzene rings is 1. The number of ether oxygens (including phenoxy) is 1. The molecule has 5 nitrogen and oxygen atoms in total. The van der Waals surface area contributed by atoms with E-state index in [0.29, 0.717) is 16.6 Å². The highest BCUT2D eigenvalue weighted by Gasteiger charge is 2.18. The van der Waals surface area contributed by atoms with Crippen molar-refractivity contribution in [2.75, 3.05) is 6.54 Å². The SMILES string of the molecule is CCNC(=O)NC(=O)[C@@H](C)Oc1cc(Cl)ccc1Cl. The summed E-state index contributed by atoms with van der Waals surface area (Å²) in [6, 6.07) is 4.10. The zero-order valence-electron chi connectivity index (χ0n) is 10.5. The summed E-state index contributed by atoms with van der Waals surface area (Å²) >= 11 is 11.7. The third-order valence-electron chi connectivity index (χ3n) is 2.14. The van der Waals surface area contributed by atoms with Gasteiger partial charge in [-0.2, -0.15) is 0 Å². The lowest BCUT2D eigenvalue weighted by Crippen LogP contribution is -2.45. The maximum absolute atomic E-state index is 11.7. The second kappa shape index (κ2) is 7.21. The molecule has 0 spiro atoms. The number of rotatable bonds is 4. The van der Waals surface area contributed by atoms with Gasteiger partial charge in [0.2, 0.25) is 0 Å². The van der Waals surface area contributed by atoms with Gasteiger partial charge in [0.25, 0.3) is 5.91 Å². The van der Waals surface area contributed by atoms with E-state index < -0.39 is 18.0 Å². The van der Waals surface area contributed by atoms with Crippen molar-refractivity contribution < 1.29 is 14.3 Å². The Kier molecular flexibility index (Phi) is 5.92. The van der Waals surface area contributed by atoms with E-state index in [2.05, 4.69) is 10.6 Å². The Bertz CT molecular complexity index is 480. The van der Waals surface area contributed by atoms with Crippen molar-refractivity contribution in [1.29, 1.82) is 0 Å². The van der Waals surface area contributed by atoms with Gasteiger partial charge in [-0.3, -0.25) is 10.1 Å². The summed E-state index contributed by atoms with van der Waals surface area (Å²) in [7, 11) is 0. The highest BCUT2D eigenvalue weighted by atomic mass is 35.5. The zero-order valence-corrected chi connectivity index (χ0v) is 12.0. The Hall–Kier alpha value is -1.46. The molecule has 0 unspecified atom stereocenters. The van der Waals surface area contributed by atoms with Crippen molar-refractivity contribution in [3.05, 3.63) is 28.2 Å². The Balaban J connectivity index is 2.63. The van der Waals surface area contributed by atoms with Gasteiger partial charge in [-0.25, -0.2) is 4.79 Å². The summed E-state index contributed by atoms with van der Waals surface area (Å²) in [5.74, 6) is -0.283. The quantitative estimate of drug-likeness (QED) is 0.898. The molecule has 2 N–H and O–H groups in total. The molecule has 0 aliphatic heterocycles. The molecule has 0 radical (unpaired) electrons. The second-order valence-corrected chi connectivity index (χ2v) is 4.53. The van der Waals surface area contributed by atoms with Gasteiger partial charge in [-0.15, -0.1) is 0 Å². The standard InChI is InChI=1S/C12H14Cl2N2O3/c1-3-15-12(18)16-11(17)7(2)19-10-6-8(13)4-5-9(10)14/h4-7H,3H2,1-2H3,(H2,15,16,17,18)/t7-/m1/s1. The van der Waals surface area contributed by atoms with Gasteiger partial charge in [0.05, 0.1) is 5.02 Å². The maximum atomic E-state index is 11.7. The monoisotopic (exact) mass is 304 g/mol. The number of urea groups is 1. The molecule has 3 amide bonds. The van der Waals surface area contributed by atoms with Crippen LogP contribution in [0.2, 0.25) is 10.0 Å². The fraction of sp³-hybridized carbons (Fsp3) is 0.333. The number of carbonyl (C=O) groups excluding carboxylic acids is 2. The van der Waals surface area contributed by atoms with Crippen LogP contribution in [0.15, 0.2) is 18.2 Å². The Morgan fingerprint density at radius 3 is 2.68 bits per heavy atom. The number of hydrogen-bond donors (Lipinski definition) is 2. The van der Waals surface area contributed by atoms with Gasteiger partial charge in [-0.1, -0.05) is 23.2 Å². The first-order valence-electron chi connectivity index (χ1n) is 5.64. The lowest BCUT2D eigenvalue weighted by molar-refractivity contribution is -0.126. The van der Waals surface area contributed by atoms with E-state index in [4.69, 9.17) is 27.9 Å². The van der Waals surface area contributed by atoms with Crippen molar-refractivity contribution in [2.24, 2.45) is 0 Å². The summed E-state index contributed by atoms with van der Waals surface area (Å²) in [6.07, 6.45) is -0.876. The van der Waals surface area contributed by atoms with Crippen molar-refractivity contribution in [1.82, 2.24) is 10.6 Å². The molecule has 0 aromatic heterocycles. The lowest BCUT2D eigenvalue weighted by Gasteiger charge is -2.15. The largest absolute Gasteiger partial charge is 0.479 e. The molecule has 0 aliphatic rings. The van der Waals surface area contributed by atoms with Gasteiger partial charge >= 0.3 is 6.03 Å². The highest BCUT2D eigenvalue weighted by molar-refractivity contribution is 6.34. The van der Waals surface area contributed by atoms with Crippen LogP contribution < -0.4 is 15.4 Å². The Morgan fingerprint density at radius 1 is 1.37 bits per heavy atom. The lowest BCUT2D eigenvalue weighted by atomic mass is 10.3. The molecule has 104 valence electrons. The summed E-state index contributed by atoms with van der Waals surface area (Å²) in [5.41, 5.74) is 0. The van der Waals surface area contributed by atoms with Crippen molar-refractivity contribution in [3.8, 4) is 5.75 Å². The molecule has 1 rings (SSSR count). The molecule has 1 atom stereocenters. The van der Waals surface area contributed by atoms with E-state index in [1.807, 2.05) is 0 Å². The molecule has 7 heteroatoms. The molecule has 1 aromatic rings. The van der Waals surface area contributed by atoms with E-state index >= 15 is 0 Å². The molecular formula is C12H14Cl2N2O3. The molecule has 0 heterocycles. The molecular weight excluding hydrogens is 291 g/mol. The van der Waals surface area contributed by atoms with Crippen LogP contribution in [0.25, 0.3) is 0 Å². The normalized spacial score (nSPS) is 11.6. The van der Waals surface area contributed by atoms with Crippen molar-refractivity contribution in [2.45, 2.75) is 20.0 Å². The van der Waals surface area contributed by atoms with Crippen LogP contribution in [-0.4, -0.2) is 24.6 Å². The van der Waals surface area contributed by atoms with Crippen molar-refractivity contribution in [3.63, 3.8) is 0 Å². The topological polar surface area (TPSA) is 67.4 Å². The number of carbonyl (C=O) groups is 2. The van der Waals surface area contributed by atoms with E-state index in [1.165, 1.54) is 13.0 Å². The molecule has 0 saturated carbocycles. The molecule has 19 heavy (non-hydrogen) atoms. The van der Waals surface area contributed by atoms with Gasteiger partial charge < -0.3 is 10.1 Å². The van der Waals surface area contributed by atoms with Crippen LogP contribution in [0.4, 0.5) is 4.79 Å². The zero-order chi connectivity index (χ0) is 14.4. The molecule has 0 aliphatic carbocycles. The summed E-state index contributed by atoms with van der Waals surface area (Å²) in [6.45, 7) is 3.68. The average Bonchev–Trinajstić information content (AvgIpc) is 2.34. The first-order valence-corrected chi connectivity index (χ1v) is 6.40. The molecule has 0 bridgehead atoms. The van der Waals surface area contributed by atoms with E-state index in [0.717, 1.165) is 0 Å². The Morgan fingerprint density at radius 2 is 2.05 bits per heavy atom. The van der Waals surface area contributed by atoms with Crippen LogP contribution in [0.1, 0.15) is 13.8 Å². The summed E-state index contributed by atoms with van der Waals surface area (Å²) in [5, 5.41) is 5.36. The van der Waals surface area contributed by atoms with Crippen LogP contribution in [0, 0.1) is 0 Å². The Labute approximate surface area is 121 Å². The molecule has 0 saturated heterocycles. The maximum Gasteiger partial charge on any atom is 0.321 e. The molecule has 1 aromatic carbocycles. The summed E-state index contributed by atoms with van der Waals surface area (Å²) in [4.78, 5) is 22.8. The van der Waals surface area contributed by atoms with Crippen LogP contribution in [0.3, 0.4) is 0 Å². The predicted octanol–water partition coefficient (Wildman–Crippen LogP) is 2.61. The van der Waals surface area contributed by atoms with Gasteiger partial charge in [0.1, 0.15) is 5.75 Å². The first kappa shape index (κ1) is 15.6. The van der Waals surface area contributed by atoms with E-state index in [9.17, 15) is 9.59 Å². The van der Waals surface area contributed by atoms with Gasteiger partial charge in [0.15, 0.2) is 6.10 Å². The number of imide groups is 1. The minimum Gasteiger partial charge on any atom is -0.479 e. The van der Waals surface area contributed by atoms with Crippen molar-refractivity contribution >= 4 is 35.1 Å². The second-order valence-electron chi connectivity index (χ2n) is 3.68. The minimum atomic E-state index is -0.876. The van der Waals surface area contributed by atoms with E-state index in [-0.39, 0.29) is 5.75 Å². The predicted molar refractivity (Wildman–Crippen MR) is 73.8 cm³/mol. The van der Waals surface area contributed by atoms with Gasteiger partial charge in [-0.05, 0) is 26.0 Å². The third-order valence-corrected chi connectivity index (χ3v) is 2.69. The molecule has 0 fully saturated rings. The van der Waals surface area contributed by atoms with Crippen LogP contribution in [0.5, 0.6) is 5.75 Å². The van der Waals surface area contributed by atoms with Gasteiger partial charge in [0, 0.05) is 17.6 Å². The van der Waals surface area contributed by atoms with Crippen LogP contribution in [-0.2, 0) is 4.79 Å². The average molecular weight is 305 g/mol. The first-order chi connectivity index (χ1) is 8.93. The number of amides is 3. The number of hydrogen-bond acceptors (Lipinski definition) is 3. The smallest absolute Gasteiger partial charge is 0.321 e. The number of halogens is 2. The number of nitrogens with one attached hydrogen (secondary N) is 2. The third kappa shape index (κ3) is 4.96. The fourth-order valence-electron chi connectivity index (χ4n) is 1.23. The highest BCUT2D eigenvalue weighted by Crippen LogP contribution is 2.28. The minimum absolute atomic E-state index is 0.285. The van der Waals surface area contributed by atoms with Crippen LogP contribution >= 0.6 is 23.2 Å².